The first-order valence-corrected chi connectivity index (χ1v) is 9.59. The quantitative estimate of drug-likeness (QED) is 0.523. The Morgan fingerprint density at radius 2 is 1.93 bits per heavy atom. The first-order chi connectivity index (χ1) is 14.4. The molecule has 0 aromatic carbocycles. The molecule has 0 amide bonds. The van der Waals surface area contributed by atoms with Gasteiger partial charge in [-0.05, 0) is 25.7 Å². The molecule has 30 heavy (non-hydrogen) atoms. The summed E-state index contributed by atoms with van der Waals surface area (Å²) < 4.78 is 43.0. The molecule has 11 heteroatoms. The number of aromatic nitrogens is 6. The lowest BCUT2D eigenvalue weighted by Crippen LogP contribution is -2.33. The van der Waals surface area contributed by atoms with Crippen molar-refractivity contribution < 1.29 is 17.9 Å². The zero-order valence-corrected chi connectivity index (χ0v) is 15.7. The molecule has 0 bridgehead atoms. The van der Waals surface area contributed by atoms with Crippen LogP contribution in [0.2, 0.25) is 0 Å². The molecule has 2 N–H and O–H groups in total. The Morgan fingerprint density at radius 1 is 1.10 bits per heavy atom. The van der Waals surface area contributed by atoms with E-state index < -0.39 is 12.5 Å². The predicted molar refractivity (Wildman–Crippen MR) is 103 cm³/mol. The van der Waals surface area contributed by atoms with Gasteiger partial charge in [0.25, 0.3) is 0 Å². The van der Waals surface area contributed by atoms with E-state index in [1.165, 1.54) is 0 Å². The zero-order chi connectivity index (χ0) is 20.7. The molecule has 1 aliphatic carbocycles. The molecule has 0 saturated heterocycles. The van der Waals surface area contributed by atoms with E-state index in [9.17, 15) is 13.2 Å². The van der Waals surface area contributed by atoms with Crippen molar-refractivity contribution in [2.75, 3.05) is 5.32 Å². The number of aromatic amines is 1. The summed E-state index contributed by atoms with van der Waals surface area (Å²) >= 11 is 0. The summed E-state index contributed by atoms with van der Waals surface area (Å²) in [7, 11) is 0. The minimum absolute atomic E-state index is 0.0119. The van der Waals surface area contributed by atoms with Crippen molar-refractivity contribution in [1.82, 2.24) is 29.3 Å². The lowest BCUT2D eigenvalue weighted by Gasteiger charge is -2.29. The van der Waals surface area contributed by atoms with E-state index in [2.05, 4.69) is 35.0 Å². The fourth-order valence-corrected chi connectivity index (χ4v) is 3.87. The summed E-state index contributed by atoms with van der Waals surface area (Å²) in [5.41, 5.74) is 2.49. The van der Waals surface area contributed by atoms with Crippen molar-refractivity contribution >= 4 is 22.8 Å². The second-order valence-electron chi connectivity index (χ2n) is 7.32. The van der Waals surface area contributed by atoms with Crippen molar-refractivity contribution in [3.8, 4) is 11.1 Å². The number of nitrogens with one attached hydrogen (secondary N) is 2. The van der Waals surface area contributed by atoms with Crippen molar-refractivity contribution in [2.24, 2.45) is 0 Å². The molecular weight excluding hydrogens is 399 g/mol. The lowest BCUT2D eigenvalue weighted by molar-refractivity contribution is -0.345. The number of ether oxygens (including phenoxy) is 1. The van der Waals surface area contributed by atoms with Gasteiger partial charge in [-0.25, -0.2) is 15.0 Å². The second kappa shape index (κ2) is 7.24. The van der Waals surface area contributed by atoms with Crippen LogP contribution in [0.3, 0.4) is 0 Å². The molecule has 0 atom stereocenters. The van der Waals surface area contributed by atoms with Crippen LogP contribution in [-0.4, -0.2) is 47.8 Å². The van der Waals surface area contributed by atoms with Gasteiger partial charge in [0.2, 0.25) is 11.7 Å². The molecule has 4 aromatic heterocycles. The number of rotatable bonds is 4. The molecule has 8 nitrogen and oxygen atoms in total. The third kappa shape index (κ3) is 3.80. The number of hydrogen-bond donors (Lipinski definition) is 2. The SMILES string of the molecule is FC(F)(F)OC1CCC(Nc2ncc3c(-c4cnc5nccn5c4)c[nH]c3n2)CC1. The second-order valence-corrected chi connectivity index (χ2v) is 7.32. The van der Waals surface area contributed by atoms with Crippen molar-refractivity contribution in [1.29, 1.82) is 0 Å². The molecular formula is C19H18F3N7O. The number of halogens is 3. The smallest absolute Gasteiger partial charge is 0.351 e. The monoisotopic (exact) mass is 417 g/mol. The van der Waals surface area contributed by atoms with Crippen molar-refractivity contribution in [3.05, 3.63) is 37.2 Å². The van der Waals surface area contributed by atoms with Gasteiger partial charge in [-0.15, -0.1) is 13.2 Å². The number of fused-ring (bicyclic) bond motifs is 2. The molecule has 0 aliphatic heterocycles. The van der Waals surface area contributed by atoms with Crippen LogP contribution in [-0.2, 0) is 4.74 Å². The summed E-state index contributed by atoms with van der Waals surface area (Å²) in [5, 5.41) is 4.07. The molecule has 1 saturated carbocycles. The number of imidazole rings is 1. The van der Waals surface area contributed by atoms with Crippen LogP contribution < -0.4 is 5.32 Å². The Morgan fingerprint density at radius 3 is 2.73 bits per heavy atom. The zero-order valence-electron chi connectivity index (χ0n) is 15.7. The van der Waals surface area contributed by atoms with Crippen molar-refractivity contribution in [2.45, 2.75) is 44.2 Å². The Hall–Kier alpha value is -3.21. The molecule has 4 heterocycles. The molecule has 0 spiro atoms. The highest BCUT2D eigenvalue weighted by Crippen LogP contribution is 2.30. The average Bonchev–Trinajstić information content (AvgIpc) is 3.34. The molecule has 0 unspecified atom stereocenters. The van der Waals surface area contributed by atoms with Crippen LogP contribution in [0.15, 0.2) is 37.2 Å². The summed E-state index contributed by atoms with van der Waals surface area (Å²) in [4.78, 5) is 20.5. The highest BCUT2D eigenvalue weighted by molar-refractivity contribution is 5.93. The minimum Gasteiger partial charge on any atom is -0.351 e. The van der Waals surface area contributed by atoms with Crippen molar-refractivity contribution in [3.63, 3.8) is 0 Å². The first kappa shape index (κ1) is 18.8. The molecule has 4 aromatic rings. The summed E-state index contributed by atoms with van der Waals surface area (Å²) in [6.45, 7) is 0. The van der Waals surface area contributed by atoms with Gasteiger partial charge in [-0.3, -0.25) is 9.14 Å². The summed E-state index contributed by atoms with van der Waals surface area (Å²) in [6.07, 6.45) is 7.23. The van der Waals surface area contributed by atoms with E-state index >= 15 is 0 Å². The van der Waals surface area contributed by atoms with Gasteiger partial charge in [-0.1, -0.05) is 0 Å². The van der Waals surface area contributed by atoms with Gasteiger partial charge < -0.3 is 10.3 Å². The van der Waals surface area contributed by atoms with Crippen LogP contribution >= 0.6 is 0 Å². The van der Waals surface area contributed by atoms with Crippen LogP contribution in [0.25, 0.3) is 27.9 Å². The summed E-state index contributed by atoms with van der Waals surface area (Å²) in [5.74, 6) is 1.07. The van der Waals surface area contributed by atoms with E-state index in [0.717, 1.165) is 16.5 Å². The Bertz CT molecular complexity index is 1180. The largest absolute Gasteiger partial charge is 0.522 e. The van der Waals surface area contributed by atoms with E-state index in [0.29, 0.717) is 43.1 Å². The minimum atomic E-state index is -4.58. The Balaban J connectivity index is 1.29. The maximum absolute atomic E-state index is 12.3. The Labute approximate surface area is 168 Å². The van der Waals surface area contributed by atoms with E-state index in [4.69, 9.17) is 0 Å². The number of alkyl halides is 3. The van der Waals surface area contributed by atoms with Crippen LogP contribution in [0.4, 0.5) is 19.1 Å². The van der Waals surface area contributed by atoms with E-state index in [1.807, 2.05) is 23.0 Å². The molecule has 5 rings (SSSR count). The van der Waals surface area contributed by atoms with Crippen LogP contribution in [0.1, 0.15) is 25.7 Å². The first-order valence-electron chi connectivity index (χ1n) is 9.59. The van der Waals surface area contributed by atoms with Gasteiger partial charge in [0.05, 0.1) is 6.10 Å². The molecule has 156 valence electrons. The molecule has 1 fully saturated rings. The van der Waals surface area contributed by atoms with Gasteiger partial charge in [-0.2, -0.15) is 4.98 Å². The fraction of sp³-hybridized carbons (Fsp3) is 0.368. The highest BCUT2D eigenvalue weighted by atomic mass is 19.4. The maximum Gasteiger partial charge on any atom is 0.522 e. The van der Waals surface area contributed by atoms with Gasteiger partial charge in [0.15, 0.2) is 0 Å². The topological polar surface area (TPSA) is 93.0 Å². The number of anilines is 1. The predicted octanol–water partition coefficient (Wildman–Crippen LogP) is 3.93. The standard InChI is InChI=1S/C19H18F3N7O/c20-19(21,22)30-13-3-1-12(2-4-13)27-17-25-9-15-14(8-24-16(15)28-17)11-7-26-18-23-5-6-29(18)10-11/h5-10,12-13H,1-4H2,(H2,24,25,27,28). The van der Waals surface area contributed by atoms with Crippen LogP contribution in [0.5, 0.6) is 0 Å². The average molecular weight is 417 g/mol. The number of hydrogen-bond acceptors (Lipinski definition) is 6. The van der Waals surface area contributed by atoms with Gasteiger partial charge in [0.1, 0.15) is 5.65 Å². The highest BCUT2D eigenvalue weighted by Gasteiger charge is 2.35. The maximum atomic E-state index is 12.3. The third-order valence-electron chi connectivity index (χ3n) is 5.30. The number of H-pyrrole nitrogens is 1. The fourth-order valence-electron chi connectivity index (χ4n) is 3.87. The van der Waals surface area contributed by atoms with Gasteiger partial charge >= 0.3 is 6.36 Å². The normalized spacial score (nSPS) is 20.1. The summed E-state index contributed by atoms with van der Waals surface area (Å²) in [6, 6.07) is 0.0119. The van der Waals surface area contributed by atoms with E-state index in [1.54, 1.807) is 18.6 Å². The van der Waals surface area contributed by atoms with Gasteiger partial charge in [0, 0.05) is 59.7 Å². The van der Waals surface area contributed by atoms with E-state index in [-0.39, 0.29) is 6.04 Å². The lowest BCUT2D eigenvalue weighted by atomic mass is 9.93. The molecule has 1 aliphatic rings. The van der Waals surface area contributed by atoms with Crippen LogP contribution in [0, 0.1) is 0 Å². The third-order valence-corrected chi connectivity index (χ3v) is 5.30. The number of nitrogens with zero attached hydrogens (tertiary/aromatic N) is 5. The molecule has 0 radical (unpaired) electrons. The Kier molecular flexibility index (Phi) is 4.54.